The minimum Gasteiger partial charge on any atom is -0.495 e. The van der Waals surface area contributed by atoms with Crippen LogP contribution in [-0.4, -0.2) is 37.0 Å². The number of aromatic nitrogens is 1. The number of para-hydroxylation sites is 2. The lowest BCUT2D eigenvalue weighted by molar-refractivity contribution is -0.125. The third-order valence-electron chi connectivity index (χ3n) is 5.10. The standard InChI is InChI=1S/C22H28N4O3/c1-29-19-12-6-5-11-18(19)26-20-17(10-7-13-23-20)22(28)25-15-14-24-21(27)16-8-3-2-4-9-16/h5-7,10-13,16H,2-4,8-9,14-15H2,1H3,(H,23,26)(H,24,27)(H,25,28). The highest BCUT2D eigenvalue weighted by Gasteiger charge is 2.20. The fourth-order valence-corrected chi connectivity index (χ4v) is 3.53. The Bertz CT molecular complexity index is 834. The number of ether oxygens (including phenoxy) is 1. The second-order valence-electron chi connectivity index (χ2n) is 7.11. The zero-order chi connectivity index (χ0) is 20.5. The van der Waals surface area contributed by atoms with Crippen LogP contribution < -0.4 is 20.7 Å². The van der Waals surface area contributed by atoms with Gasteiger partial charge in [0, 0.05) is 25.2 Å². The number of carbonyl (C=O) groups excluding carboxylic acids is 2. The maximum atomic E-state index is 12.6. The number of nitrogens with zero attached hydrogens (tertiary/aromatic N) is 1. The van der Waals surface area contributed by atoms with Crippen molar-refractivity contribution < 1.29 is 14.3 Å². The van der Waals surface area contributed by atoms with Crippen LogP contribution in [0.15, 0.2) is 42.6 Å². The van der Waals surface area contributed by atoms with Crippen LogP contribution in [0.3, 0.4) is 0 Å². The maximum absolute atomic E-state index is 12.6. The van der Waals surface area contributed by atoms with Crippen molar-refractivity contribution in [1.29, 1.82) is 0 Å². The highest BCUT2D eigenvalue weighted by Crippen LogP contribution is 2.27. The lowest BCUT2D eigenvalue weighted by atomic mass is 9.89. The Morgan fingerprint density at radius 3 is 2.59 bits per heavy atom. The summed E-state index contributed by atoms with van der Waals surface area (Å²) in [5.74, 6) is 1.08. The summed E-state index contributed by atoms with van der Waals surface area (Å²) in [4.78, 5) is 29.1. The molecular formula is C22H28N4O3. The molecule has 1 saturated carbocycles. The average molecular weight is 396 g/mol. The maximum Gasteiger partial charge on any atom is 0.255 e. The van der Waals surface area contributed by atoms with Gasteiger partial charge in [-0.25, -0.2) is 4.98 Å². The first-order chi connectivity index (χ1) is 14.2. The number of hydrogen-bond acceptors (Lipinski definition) is 5. The summed E-state index contributed by atoms with van der Waals surface area (Å²) in [6.45, 7) is 0.775. The molecule has 1 fully saturated rings. The molecule has 7 heteroatoms. The van der Waals surface area contributed by atoms with Gasteiger partial charge >= 0.3 is 0 Å². The van der Waals surface area contributed by atoms with Crippen LogP contribution in [-0.2, 0) is 4.79 Å². The van der Waals surface area contributed by atoms with Gasteiger partial charge in [-0.3, -0.25) is 9.59 Å². The van der Waals surface area contributed by atoms with Crippen LogP contribution in [0.2, 0.25) is 0 Å². The topological polar surface area (TPSA) is 92.3 Å². The quantitative estimate of drug-likeness (QED) is 0.596. The number of amides is 2. The van der Waals surface area contributed by atoms with Crippen molar-refractivity contribution in [2.24, 2.45) is 5.92 Å². The van der Waals surface area contributed by atoms with E-state index in [1.807, 2.05) is 24.3 Å². The van der Waals surface area contributed by atoms with Crippen molar-refractivity contribution in [2.75, 3.05) is 25.5 Å². The fraction of sp³-hybridized carbons (Fsp3) is 0.409. The number of pyridine rings is 1. The van der Waals surface area contributed by atoms with Crippen molar-refractivity contribution >= 4 is 23.3 Å². The van der Waals surface area contributed by atoms with Crippen molar-refractivity contribution in [1.82, 2.24) is 15.6 Å². The minimum atomic E-state index is -0.248. The van der Waals surface area contributed by atoms with Crippen molar-refractivity contribution in [3.63, 3.8) is 0 Å². The molecule has 154 valence electrons. The van der Waals surface area contributed by atoms with E-state index in [1.165, 1.54) is 6.42 Å². The van der Waals surface area contributed by atoms with Gasteiger partial charge in [0.25, 0.3) is 5.91 Å². The molecular weight excluding hydrogens is 368 g/mol. The van der Waals surface area contributed by atoms with E-state index in [9.17, 15) is 9.59 Å². The Hall–Kier alpha value is -3.09. The van der Waals surface area contributed by atoms with Gasteiger partial charge in [0.15, 0.2) is 0 Å². The van der Waals surface area contributed by atoms with E-state index in [2.05, 4.69) is 20.9 Å². The number of nitrogens with one attached hydrogen (secondary N) is 3. The lowest BCUT2D eigenvalue weighted by Gasteiger charge is -2.20. The predicted octanol–water partition coefficient (Wildman–Crippen LogP) is 3.26. The Morgan fingerprint density at radius 1 is 1.03 bits per heavy atom. The van der Waals surface area contributed by atoms with Crippen molar-refractivity contribution in [2.45, 2.75) is 32.1 Å². The van der Waals surface area contributed by atoms with E-state index in [0.717, 1.165) is 31.4 Å². The molecule has 1 aromatic carbocycles. The molecule has 1 aliphatic carbocycles. The highest BCUT2D eigenvalue weighted by molar-refractivity contribution is 5.99. The number of benzene rings is 1. The molecule has 1 heterocycles. The summed E-state index contributed by atoms with van der Waals surface area (Å²) in [6, 6.07) is 10.9. The molecule has 0 unspecified atom stereocenters. The van der Waals surface area contributed by atoms with Gasteiger partial charge in [0.05, 0.1) is 18.4 Å². The fourth-order valence-electron chi connectivity index (χ4n) is 3.53. The Kier molecular flexibility index (Phi) is 7.44. The van der Waals surface area contributed by atoms with E-state index in [4.69, 9.17) is 4.74 Å². The molecule has 1 aliphatic rings. The number of methoxy groups -OCH3 is 1. The van der Waals surface area contributed by atoms with Gasteiger partial charge in [-0.2, -0.15) is 0 Å². The van der Waals surface area contributed by atoms with Crippen LogP contribution in [0.5, 0.6) is 5.75 Å². The van der Waals surface area contributed by atoms with E-state index in [-0.39, 0.29) is 17.7 Å². The van der Waals surface area contributed by atoms with E-state index in [0.29, 0.717) is 30.2 Å². The summed E-state index contributed by atoms with van der Waals surface area (Å²) >= 11 is 0. The highest BCUT2D eigenvalue weighted by atomic mass is 16.5. The summed E-state index contributed by atoms with van der Waals surface area (Å²) in [6.07, 6.45) is 7.02. The van der Waals surface area contributed by atoms with Gasteiger partial charge < -0.3 is 20.7 Å². The second-order valence-corrected chi connectivity index (χ2v) is 7.11. The normalized spacial score (nSPS) is 14.1. The number of carbonyl (C=O) groups is 2. The predicted molar refractivity (Wildman–Crippen MR) is 112 cm³/mol. The van der Waals surface area contributed by atoms with Gasteiger partial charge in [-0.15, -0.1) is 0 Å². The molecule has 3 rings (SSSR count). The van der Waals surface area contributed by atoms with Gasteiger partial charge in [0.1, 0.15) is 11.6 Å². The third-order valence-corrected chi connectivity index (χ3v) is 5.10. The van der Waals surface area contributed by atoms with Gasteiger partial charge in [-0.05, 0) is 37.1 Å². The van der Waals surface area contributed by atoms with Crippen LogP contribution >= 0.6 is 0 Å². The molecule has 0 radical (unpaired) electrons. The molecule has 0 spiro atoms. The molecule has 0 saturated heterocycles. The molecule has 2 amide bonds. The average Bonchev–Trinajstić information content (AvgIpc) is 2.77. The first-order valence-electron chi connectivity index (χ1n) is 10.1. The third kappa shape index (κ3) is 5.70. The Morgan fingerprint density at radius 2 is 1.79 bits per heavy atom. The van der Waals surface area contributed by atoms with Crippen LogP contribution in [0.4, 0.5) is 11.5 Å². The second kappa shape index (κ2) is 10.5. The summed E-state index contributed by atoms with van der Waals surface area (Å²) in [5.41, 5.74) is 1.15. The molecule has 0 atom stereocenters. The number of anilines is 2. The minimum absolute atomic E-state index is 0.0962. The molecule has 3 N–H and O–H groups in total. The monoisotopic (exact) mass is 396 g/mol. The van der Waals surface area contributed by atoms with Crippen LogP contribution in [0, 0.1) is 5.92 Å². The van der Waals surface area contributed by atoms with Gasteiger partial charge in [0.2, 0.25) is 5.91 Å². The number of rotatable bonds is 8. The molecule has 29 heavy (non-hydrogen) atoms. The summed E-state index contributed by atoms with van der Waals surface area (Å²) in [7, 11) is 1.59. The summed E-state index contributed by atoms with van der Waals surface area (Å²) < 4.78 is 5.34. The first kappa shape index (κ1) is 20.6. The molecule has 2 aromatic rings. The van der Waals surface area contributed by atoms with E-state index >= 15 is 0 Å². The number of hydrogen-bond donors (Lipinski definition) is 3. The molecule has 7 nitrogen and oxygen atoms in total. The van der Waals surface area contributed by atoms with E-state index < -0.39 is 0 Å². The lowest BCUT2D eigenvalue weighted by Crippen LogP contribution is -2.38. The molecule has 0 aliphatic heterocycles. The van der Waals surface area contributed by atoms with Gasteiger partial charge in [-0.1, -0.05) is 31.4 Å². The first-order valence-corrected chi connectivity index (χ1v) is 10.1. The Labute approximate surface area is 171 Å². The van der Waals surface area contributed by atoms with E-state index in [1.54, 1.807) is 25.4 Å². The smallest absolute Gasteiger partial charge is 0.255 e. The van der Waals surface area contributed by atoms with Crippen molar-refractivity contribution in [3.05, 3.63) is 48.2 Å². The van der Waals surface area contributed by atoms with Crippen molar-refractivity contribution in [3.8, 4) is 5.75 Å². The van der Waals surface area contributed by atoms with Crippen LogP contribution in [0.25, 0.3) is 0 Å². The zero-order valence-corrected chi connectivity index (χ0v) is 16.7. The van der Waals surface area contributed by atoms with Crippen LogP contribution in [0.1, 0.15) is 42.5 Å². The molecule has 0 bridgehead atoms. The SMILES string of the molecule is COc1ccccc1Nc1ncccc1C(=O)NCCNC(=O)C1CCCCC1. The zero-order valence-electron chi connectivity index (χ0n) is 16.7. The largest absolute Gasteiger partial charge is 0.495 e. The molecule has 1 aromatic heterocycles. The summed E-state index contributed by atoms with van der Waals surface area (Å²) in [5, 5.41) is 8.93. The Balaban J connectivity index is 1.54.